The van der Waals surface area contributed by atoms with Crippen molar-refractivity contribution in [2.45, 2.75) is 43.5 Å². The minimum Gasteiger partial charge on any atom is -0.462 e. The Bertz CT molecular complexity index is 1730. The SMILES string of the molecule is CCOC(=O)c1c(NC(=O)C(C)Sc2cccc(NC(=O)c3cccc([N+](=O)[O-])c3)c2)sc2c1CCN(Cc1ccccc1)C2. The first-order chi connectivity index (χ1) is 21.7. The number of benzene rings is 3. The van der Waals surface area contributed by atoms with Crippen LogP contribution in [0, 0.1) is 10.1 Å². The minimum atomic E-state index is -0.553. The molecule has 45 heavy (non-hydrogen) atoms. The molecule has 3 aromatic carbocycles. The molecule has 2 heterocycles. The molecule has 4 aromatic rings. The molecule has 0 radical (unpaired) electrons. The Morgan fingerprint density at radius 3 is 2.58 bits per heavy atom. The van der Waals surface area contributed by atoms with Crippen molar-refractivity contribution < 1.29 is 24.0 Å². The number of thiophene rings is 1. The van der Waals surface area contributed by atoms with Crippen LogP contribution in [0.25, 0.3) is 0 Å². The van der Waals surface area contributed by atoms with E-state index >= 15 is 0 Å². The van der Waals surface area contributed by atoms with Gasteiger partial charge in [0.25, 0.3) is 11.6 Å². The van der Waals surface area contributed by atoms with Crippen LogP contribution in [0.15, 0.2) is 83.8 Å². The van der Waals surface area contributed by atoms with Crippen LogP contribution in [0.1, 0.15) is 50.6 Å². The summed E-state index contributed by atoms with van der Waals surface area (Å²) in [7, 11) is 0. The molecule has 1 aromatic heterocycles. The summed E-state index contributed by atoms with van der Waals surface area (Å²) in [5, 5.41) is 16.8. The molecule has 0 spiro atoms. The number of rotatable bonds is 11. The van der Waals surface area contributed by atoms with Gasteiger partial charge in [-0.15, -0.1) is 23.1 Å². The summed E-state index contributed by atoms with van der Waals surface area (Å²) in [4.78, 5) is 53.8. The van der Waals surface area contributed by atoms with Gasteiger partial charge in [-0.05, 0) is 55.7 Å². The fraction of sp³-hybridized carbons (Fsp3) is 0.242. The van der Waals surface area contributed by atoms with E-state index in [0.29, 0.717) is 29.2 Å². The van der Waals surface area contributed by atoms with Gasteiger partial charge < -0.3 is 15.4 Å². The molecule has 0 saturated carbocycles. The molecular formula is C33H32N4O6S2. The van der Waals surface area contributed by atoms with Gasteiger partial charge in [0.1, 0.15) is 5.00 Å². The predicted octanol–water partition coefficient (Wildman–Crippen LogP) is 6.76. The number of hydrogen-bond donors (Lipinski definition) is 2. The second kappa shape index (κ2) is 14.5. The Morgan fingerprint density at radius 1 is 1.04 bits per heavy atom. The van der Waals surface area contributed by atoms with E-state index in [1.165, 1.54) is 52.9 Å². The molecule has 10 nitrogen and oxygen atoms in total. The smallest absolute Gasteiger partial charge is 0.341 e. The lowest BCUT2D eigenvalue weighted by atomic mass is 10.0. The number of hydrogen-bond acceptors (Lipinski definition) is 9. The van der Waals surface area contributed by atoms with Crippen LogP contribution < -0.4 is 10.6 Å². The molecule has 0 saturated heterocycles. The monoisotopic (exact) mass is 644 g/mol. The number of nitro benzene ring substituents is 1. The van der Waals surface area contributed by atoms with E-state index in [-0.39, 0.29) is 23.8 Å². The molecule has 12 heteroatoms. The molecule has 232 valence electrons. The van der Waals surface area contributed by atoms with E-state index in [0.717, 1.165) is 28.4 Å². The van der Waals surface area contributed by atoms with Gasteiger partial charge in [-0.3, -0.25) is 24.6 Å². The van der Waals surface area contributed by atoms with Crippen molar-refractivity contribution in [3.8, 4) is 0 Å². The van der Waals surface area contributed by atoms with Gasteiger partial charge in [0.15, 0.2) is 0 Å². The molecule has 2 amide bonds. The Kier molecular flexibility index (Phi) is 10.3. The second-order valence-electron chi connectivity index (χ2n) is 10.4. The summed E-state index contributed by atoms with van der Waals surface area (Å²) in [6.45, 7) is 6.03. The van der Waals surface area contributed by atoms with Crippen molar-refractivity contribution in [1.82, 2.24) is 4.90 Å². The van der Waals surface area contributed by atoms with E-state index < -0.39 is 22.0 Å². The van der Waals surface area contributed by atoms with Gasteiger partial charge in [-0.1, -0.05) is 42.5 Å². The number of esters is 1. The minimum absolute atomic E-state index is 0.161. The molecule has 0 aliphatic carbocycles. The van der Waals surface area contributed by atoms with Gasteiger partial charge in [0.2, 0.25) is 5.91 Å². The Labute approximate surface area is 268 Å². The maximum absolute atomic E-state index is 13.4. The Balaban J connectivity index is 1.26. The number of ether oxygens (including phenoxy) is 1. The lowest BCUT2D eigenvalue weighted by Crippen LogP contribution is -2.30. The first-order valence-corrected chi connectivity index (χ1v) is 16.1. The summed E-state index contributed by atoms with van der Waals surface area (Å²) in [6.07, 6.45) is 0.682. The number of carbonyl (C=O) groups excluding carboxylic acids is 3. The van der Waals surface area contributed by atoms with Crippen molar-refractivity contribution in [2.24, 2.45) is 0 Å². The average Bonchev–Trinajstić information content (AvgIpc) is 3.38. The molecule has 5 rings (SSSR count). The van der Waals surface area contributed by atoms with Crippen LogP contribution in [0.4, 0.5) is 16.4 Å². The van der Waals surface area contributed by atoms with Gasteiger partial charge in [-0.25, -0.2) is 4.79 Å². The number of amides is 2. The fourth-order valence-electron chi connectivity index (χ4n) is 5.02. The van der Waals surface area contributed by atoms with Crippen LogP contribution in [0.5, 0.6) is 0 Å². The zero-order valence-electron chi connectivity index (χ0n) is 24.8. The number of nitrogens with one attached hydrogen (secondary N) is 2. The summed E-state index contributed by atoms with van der Waals surface area (Å²) in [5.74, 6) is -1.19. The van der Waals surface area contributed by atoms with Crippen molar-refractivity contribution in [2.75, 3.05) is 23.8 Å². The first-order valence-electron chi connectivity index (χ1n) is 14.4. The van der Waals surface area contributed by atoms with Crippen LogP contribution >= 0.6 is 23.1 Å². The first kappa shape index (κ1) is 31.9. The molecule has 1 atom stereocenters. The summed E-state index contributed by atoms with van der Waals surface area (Å²) >= 11 is 2.72. The fourth-order valence-corrected chi connectivity index (χ4v) is 7.23. The second-order valence-corrected chi connectivity index (χ2v) is 12.9. The molecule has 1 unspecified atom stereocenters. The average molecular weight is 645 g/mol. The predicted molar refractivity (Wildman–Crippen MR) is 176 cm³/mol. The highest BCUT2D eigenvalue weighted by molar-refractivity contribution is 8.00. The molecule has 2 N–H and O–H groups in total. The van der Waals surface area contributed by atoms with Crippen LogP contribution in [0.2, 0.25) is 0 Å². The number of thioether (sulfide) groups is 1. The van der Waals surface area contributed by atoms with Crippen molar-refractivity contribution >= 4 is 57.3 Å². The van der Waals surface area contributed by atoms with Crippen LogP contribution in [-0.4, -0.2) is 46.0 Å². The summed E-state index contributed by atoms with van der Waals surface area (Å²) in [6, 6.07) is 22.7. The summed E-state index contributed by atoms with van der Waals surface area (Å²) in [5.41, 5.74) is 3.07. The van der Waals surface area contributed by atoms with E-state index in [1.807, 2.05) is 24.3 Å². The van der Waals surface area contributed by atoms with Gasteiger partial charge in [0.05, 0.1) is 22.3 Å². The lowest BCUT2D eigenvalue weighted by Gasteiger charge is -2.27. The molecule has 1 aliphatic heterocycles. The third-order valence-electron chi connectivity index (χ3n) is 7.19. The normalized spacial score (nSPS) is 13.4. The molecular weight excluding hydrogens is 613 g/mol. The number of nitrogens with zero attached hydrogens (tertiary/aromatic N) is 2. The van der Waals surface area contributed by atoms with E-state index in [2.05, 4.69) is 27.7 Å². The third kappa shape index (κ3) is 7.96. The standard InChI is InChI=1S/C33H32N4O6S2/c1-3-43-33(40)29-27-15-16-36(19-22-9-5-4-6-10-22)20-28(27)45-32(29)35-30(38)21(2)44-26-14-8-12-24(18-26)34-31(39)23-11-7-13-25(17-23)37(41)42/h4-14,17-18,21H,3,15-16,19-20H2,1-2H3,(H,34,39)(H,35,38). The highest BCUT2D eigenvalue weighted by atomic mass is 32.2. The van der Waals surface area contributed by atoms with E-state index in [4.69, 9.17) is 4.74 Å². The van der Waals surface area contributed by atoms with Gasteiger partial charge in [0, 0.05) is 52.8 Å². The van der Waals surface area contributed by atoms with Crippen LogP contribution in [0.3, 0.4) is 0 Å². The number of non-ortho nitro benzene ring substituents is 1. The maximum Gasteiger partial charge on any atom is 0.341 e. The number of nitro groups is 1. The highest BCUT2D eigenvalue weighted by Gasteiger charge is 2.30. The lowest BCUT2D eigenvalue weighted by molar-refractivity contribution is -0.384. The molecule has 0 fully saturated rings. The zero-order valence-corrected chi connectivity index (χ0v) is 26.4. The van der Waals surface area contributed by atoms with Gasteiger partial charge >= 0.3 is 5.97 Å². The molecule has 1 aliphatic rings. The largest absolute Gasteiger partial charge is 0.462 e. The van der Waals surface area contributed by atoms with E-state index in [1.54, 1.807) is 32.0 Å². The van der Waals surface area contributed by atoms with Crippen molar-refractivity contribution in [1.29, 1.82) is 0 Å². The Morgan fingerprint density at radius 2 is 1.82 bits per heavy atom. The quantitative estimate of drug-likeness (QED) is 0.0793. The maximum atomic E-state index is 13.4. The Hall–Kier alpha value is -4.52. The van der Waals surface area contributed by atoms with Crippen LogP contribution in [-0.2, 0) is 29.0 Å². The zero-order chi connectivity index (χ0) is 31.9. The number of fused-ring (bicyclic) bond motifs is 1. The van der Waals surface area contributed by atoms with Gasteiger partial charge in [-0.2, -0.15) is 0 Å². The number of anilines is 2. The number of carbonyl (C=O) groups is 3. The van der Waals surface area contributed by atoms with E-state index in [9.17, 15) is 24.5 Å². The topological polar surface area (TPSA) is 131 Å². The molecule has 0 bridgehead atoms. The summed E-state index contributed by atoms with van der Waals surface area (Å²) < 4.78 is 5.38. The third-order valence-corrected chi connectivity index (χ3v) is 9.42. The van der Waals surface area contributed by atoms with Crippen molar-refractivity contribution in [3.63, 3.8) is 0 Å². The highest BCUT2D eigenvalue weighted by Crippen LogP contribution is 2.39. The van der Waals surface area contributed by atoms with Crippen molar-refractivity contribution in [3.05, 3.63) is 116 Å².